The number of amides is 3. The van der Waals surface area contributed by atoms with E-state index in [1.54, 1.807) is 17.9 Å². The minimum atomic E-state index is -0.757. The van der Waals surface area contributed by atoms with E-state index in [1.807, 2.05) is 30.3 Å². The van der Waals surface area contributed by atoms with Crippen molar-refractivity contribution in [3.05, 3.63) is 65.1 Å². The Morgan fingerprint density at radius 1 is 1.22 bits per heavy atom. The first kappa shape index (κ1) is 25.8. The normalized spacial score (nSPS) is 19.1. The van der Waals surface area contributed by atoms with Gasteiger partial charge in [-0.2, -0.15) is 4.98 Å². The van der Waals surface area contributed by atoms with E-state index in [0.717, 1.165) is 5.56 Å². The first-order chi connectivity index (χ1) is 17.9. The van der Waals surface area contributed by atoms with E-state index in [-0.39, 0.29) is 49.9 Å². The van der Waals surface area contributed by atoms with E-state index >= 15 is 0 Å². The summed E-state index contributed by atoms with van der Waals surface area (Å²) in [6.45, 7) is 0.136. The van der Waals surface area contributed by atoms with Gasteiger partial charge in [-0.1, -0.05) is 35.5 Å². The fourth-order valence-electron chi connectivity index (χ4n) is 4.02. The molecule has 2 atom stereocenters. The Bertz CT molecular complexity index is 1240. The lowest BCUT2D eigenvalue weighted by Gasteiger charge is -2.21. The molecule has 0 saturated heterocycles. The maximum atomic E-state index is 13.2. The zero-order chi connectivity index (χ0) is 26.4. The number of hydrogen-bond donors (Lipinski definition) is 3. The molecule has 0 fully saturated rings. The summed E-state index contributed by atoms with van der Waals surface area (Å²) in [7, 11) is 2.81. The van der Waals surface area contributed by atoms with Gasteiger partial charge in [0.15, 0.2) is 5.69 Å². The van der Waals surface area contributed by atoms with Crippen LogP contribution in [0.4, 0.5) is 4.79 Å². The van der Waals surface area contributed by atoms with Crippen LogP contribution in [0.25, 0.3) is 0 Å². The van der Waals surface area contributed by atoms with Crippen LogP contribution in [0.1, 0.15) is 44.6 Å². The molecule has 13 nitrogen and oxygen atoms in total. The van der Waals surface area contributed by atoms with Crippen LogP contribution < -0.4 is 10.6 Å². The number of esters is 1. The molecule has 0 unspecified atom stereocenters. The van der Waals surface area contributed by atoms with E-state index in [0.29, 0.717) is 12.1 Å². The van der Waals surface area contributed by atoms with E-state index in [1.165, 1.54) is 12.0 Å². The zero-order valence-corrected chi connectivity index (χ0v) is 20.6. The summed E-state index contributed by atoms with van der Waals surface area (Å²) in [6, 6.07) is 8.16. The van der Waals surface area contributed by atoms with Gasteiger partial charge in [-0.15, -0.1) is 5.10 Å². The topological polar surface area (TPSA) is 165 Å². The molecule has 196 valence electrons. The number of oxazole rings is 1. The number of methoxy groups -OCH3 is 1. The summed E-state index contributed by atoms with van der Waals surface area (Å²) in [4.78, 5) is 43.7. The summed E-state index contributed by atoms with van der Waals surface area (Å²) in [5, 5.41) is 23.7. The maximum Gasteiger partial charge on any atom is 0.360 e. The second-order valence-corrected chi connectivity index (χ2v) is 8.80. The van der Waals surface area contributed by atoms with Gasteiger partial charge >= 0.3 is 17.9 Å². The molecule has 3 heterocycles. The monoisotopic (exact) mass is 511 g/mol. The van der Waals surface area contributed by atoms with Gasteiger partial charge in [0.2, 0.25) is 0 Å². The molecule has 2 aromatic heterocycles. The molecule has 1 aliphatic heterocycles. The number of carbonyl (C=O) groups is 3. The molecule has 1 aromatic carbocycles. The predicted molar refractivity (Wildman–Crippen MR) is 128 cm³/mol. The lowest BCUT2D eigenvalue weighted by molar-refractivity contribution is 0.0592. The number of ether oxygens (including phenoxy) is 1. The summed E-state index contributed by atoms with van der Waals surface area (Å²) in [5.41, 5.74) is 1.43. The van der Waals surface area contributed by atoms with Crippen LogP contribution in [-0.4, -0.2) is 80.7 Å². The molecule has 0 radical (unpaired) electrons. The van der Waals surface area contributed by atoms with E-state index in [2.05, 4.69) is 25.9 Å². The lowest BCUT2D eigenvalue weighted by atomic mass is 10.1. The number of nitrogens with zero attached hydrogens (tertiary/aromatic N) is 5. The number of aryl methyl sites for hydroxylation is 1. The van der Waals surface area contributed by atoms with Gasteiger partial charge in [0.1, 0.15) is 11.5 Å². The molecule has 37 heavy (non-hydrogen) atoms. The minimum Gasteiger partial charge on any atom is -0.464 e. The van der Waals surface area contributed by atoms with E-state index in [4.69, 9.17) is 9.15 Å². The number of aliphatic hydroxyl groups excluding tert-OH is 1. The number of nitrogens with one attached hydrogen (secondary N) is 2. The molecule has 4 rings (SSSR count). The Labute approximate surface area is 212 Å². The summed E-state index contributed by atoms with van der Waals surface area (Å²) in [6.07, 6.45) is 2.54. The van der Waals surface area contributed by atoms with Crippen LogP contribution in [-0.2, 0) is 30.7 Å². The Balaban J connectivity index is 1.68. The molecular weight excluding hydrogens is 482 g/mol. The Hall–Kier alpha value is -4.26. The van der Waals surface area contributed by atoms with Gasteiger partial charge in [-0.05, 0) is 18.4 Å². The number of rotatable bonds is 4. The van der Waals surface area contributed by atoms with Gasteiger partial charge in [-0.3, -0.25) is 9.48 Å². The first-order valence-corrected chi connectivity index (χ1v) is 11.8. The molecule has 13 heteroatoms. The van der Waals surface area contributed by atoms with Crippen LogP contribution >= 0.6 is 0 Å². The average molecular weight is 512 g/mol. The van der Waals surface area contributed by atoms with Crippen LogP contribution in [0.15, 0.2) is 40.9 Å². The van der Waals surface area contributed by atoms with Crippen LogP contribution in [0, 0.1) is 0 Å². The van der Waals surface area contributed by atoms with Crippen molar-refractivity contribution in [3.63, 3.8) is 0 Å². The Kier molecular flexibility index (Phi) is 8.13. The molecule has 0 saturated carbocycles. The van der Waals surface area contributed by atoms with Crippen LogP contribution in [0.2, 0.25) is 0 Å². The second-order valence-electron chi connectivity index (χ2n) is 8.80. The average Bonchev–Trinajstić information content (AvgIpc) is 3.52. The summed E-state index contributed by atoms with van der Waals surface area (Å²) in [5.74, 6) is -1.52. The van der Waals surface area contributed by atoms with Crippen molar-refractivity contribution in [2.24, 2.45) is 0 Å². The molecule has 0 aliphatic carbocycles. The van der Waals surface area contributed by atoms with Gasteiger partial charge in [0.05, 0.1) is 45.1 Å². The van der Waals surface area contributed by atoms with Crippen LogP contribution in [0.5, 0.6) is 0 Å². The van der Waals surface area contributed by atoms with Crippen molar-refractivity contribution in [1.29, 1.82) is 0 Å². The van der Waals surface area contributed by atoms with Crippen molar-refractivity contribution in [2.45, 2.75) is 44.4 Å². The molecule has 4 bridgehead atoms. The minimum absolute atomic E-state index is 0.126. The number of fused-ring (bicyclic) bond motifs is 4. The zero-order valence-electron chi connectivity index (χ0n) is 20.6. The number of carbonyl (C=O) groups excluding carboxylic acids is 3. The smallest absolute Gasteiger partial charge is 0.360 e. The van der Waals surface area contributed by atoms with Crippen molar-refractivity contribution in [3.8, 4) is 0 Å². The van der Waals surface area contributed by atoms with Gasteiger partial charge in [0, 0.05) is 13.5 Å². The highest BCUT2D eigenvalue weighted by molar-refractivity contribution is 5.93. The third kappa shape index (κ3) is 6.50. The van der Waals surface area contributed by atoms with Crippen LogP contribution in [0.3, 0.4) is 0 Å². The molecule has 1 aliphatic rings. The van der Waals surface area contributed by atoms with E-state index in [9.17, 15) is 19.5 Å². The van der Waals surface area contributed by atoms with Crippen molar-refractivity contribution in [2.75, 3.05) is 20.8 Å². The first-order valence-electron chi connectivity index (χ1n) is 11.8. The van der Waals surface area contributed by atoms with Crippen molar-refractivity contribution < 1.29 is 28.6 Å². The standard InChI is InChI=1S/C24H29N7O6/c1-30-11-18-13-31(29-28-18)12-17(10-15-6-4-3-5-7-15)25-21(33)22-27-20(23(34)36-2)19(37-22)9-8-16(14-32)26-24(30)35/h3-7,13,16-17,32H,8-12,14H2,1-2H3,(H,25,33)(H,26,35)/t16-,17-/m0/s1. The molecule has 3 N–H and O–H groups in total. The predicted octanol–water partition coefficient (Wildman–Crippen LogP) is 0.543. The fourth-order valence-corrected chi connectivity index (χ4v) is 4.02. The molecule has 0 spiro atoms. The molecular formula is C24H29N7O6. The fraction of sp³-hybridized carbons (Fsp3) is 0.417. The third-order valence-electron chi connectivity index (χ3n) is 5.94. The maximum absolute atomic E-state index is 13.2. The number of urea groups is 1. The van der Waals surface area contributed by atoms with E-state index < -0.39 is 30.0 Å². The Morgan fingerprint density at radius 3 is 2.73 bits per heavy atom. The highest BCUT2D eigenvalue weighted by atomic mass is 16.5. The van der Waals surface area contributed by atoms with Gasteiger partial charge < -0.3 is 29.8 Å². The molecule has 3 amide bonds. The number of aromatic nitrogens is 4. The lowest BCUT2D eigenvalue weighted by Crippen LogP contribution is -2.44. The highest BCUT2D eigenvalue weighted by Gasteiger charge is 2.27. The van der Waals surface area contributed by atoms with Gasteiger partial charge in [0.25, 0.3) is 5.89 Å². The second kappa shape index (κ2) is 11.6. The SMILES string of the molecule is COC(=O)c1nc2oc1CC[C@@H](CO)NC(=O)N(C)Cc1cn(nn1)C[C@H](Cc1ccccc1)NC2=O. The highest BCUT2D eigenvalue weighted by Crippen LogP contribution is 2.17. The van der Waals surface area contributed by atoms with Crippen molar-refractivity contribution >= 4 is 17.9 Å². The number of hydrogen-bond acceptors (Lipinski definition) is 9. The molecule has 3 aromatic rings. The number of aliphatic hydroxyl groups is 1. The van der Waals surface area contributed by atoms with Gasteiger partial charge in [-0.25, -0.2) is 9.59 Å². The largest absolute Gasteiger partial charge is 0.464 e. The summed E-state index contributed by atoms with van der Waals surface area (Å²) >= 11 is 0. The quantitative estimate of drug-likeness (QED) is 0.424. The summed E-state index contributed by atoms with van der Waals surface area (Å²) < 4.78 is 12.1. The van der Waals surface area contributed by atoms with Crippen molar-refractivity contribution in [1.82, 2.24) is 35.5 Å². The third-order valence-corrected chi connectivity index (χ3v) is 5.94. The Morgan fingerprint density at radius 2 is 2.00 bits per heavy atom. The number of benzene rings is 1.